The maximum atomic E-state index is 11.9. The lowest BCUT2D eigenvalue weighted by molar-refractivity contribution is -0.385. The fraction of sp³-hybridized carbons (Fsp3) is 0.167. The molecule has 0 radical (unpaired) electrons. The number of rotatable bonds is 4. The third-order valence-corrected chi connectivity index (χ3v) is 4.62. The zero-order valence-corrected chi connectivity index (χ0v) is 13.3. The number of benzene rings is 1. The van der Waals surface area contributed by atoms with Gasteiger partial charge in [0.15, 0.2) is 0 Å². The molecule has 0 spiro atoms. The Labute approximate surface area is 130 Å². The predicted octanol–water partition coefficient (Wildman–Crippen LogP) is 2.92. The van der Waals surface area contributed by atoms with Gasteiger partial charge < -0.3 is 0 Å². The Morgan fingerprint density at radius 1 is 1.30 bits per heavy atom. The third kappa shape index (κ3) is 3.13. The first-order valence-corrected chi connectivity index (χ1v) is 7.22. The van der Waals surface area contributed by atoms with Crippen LogP contribution < -0.4 is 5.56 Å². The number of nitro benzene ring substituents is 1. The second kappa shape index (κ2) is 6.27. The van der Waals surface area contributed by atoms with E-state index in [2.05, 4.69) is 37.0 Å². The molecule has 8 heteroatoms. The molecule has 6 nitrogen and oxygen atoms in total. The summed E-state index contributed by atoms with van der Waals surface area (Å²) in [5.74, 6) is 0. The van der Waals surface area contributed by atoms with Gasteiger partial charge in [-0.05, 0) is 38.3 Å². The molecule has 2 rings (SSSR count). The average Bonchev–Trinajstić information content (AvgIpc) is 2.44. The van der Waals surface area contributed by atoms with Gasteiger partial charge in [-0.3, -0.25) is 14.9 Å². The highest BCUT2D eigenvalue weighted by molar-refractivity contribution is 9.13. The second-order valence-corrected chi connectivity index (χ2v) is 5.62. The Bertz CT molecular complexity index is 715. The van der Waals surface area contributed by atoms with Gasteiger partial charge in [-0.2, -0.15) is 5.10 Å². The largest absolute Gasteiger partial charge is 0.282 e. The number of nitrogens with zero attached hydrogens (tertiary/aromatic N) is 3. The van der Waals surface area contributed by atoms with E-state index in [-0.39, 0.29) is 17.8 Å². The molecule has 1 aromatic heterocycles. The maximum Gasteiger partial charge on any atom is 0.282 e. The molecule has 1 aromatic carbocycles. The van der Waals surface area contributed by atoms with Crippen LogP contribution in [0, 0.1) is 10.1 Å². The van der Waals surface area contributed by atoms with Gasteiger partial charge >= 0.3 is 0 Å². The maximum absolute atomic E-state index is 11.9. The van der Waals surface area contributed by atoms with Crippen LogP contribution in [0.1, 0.15) is 5.56 Å². The van der Waals surface area contributed by atoms with E-state index in [1.54, 1.807) is 18.2 Å². The highest BCUT2D eigenvalue weighted by atomic mass is 79.9. The first kappa shape index (κ1) is 14.9. The van der Waals surface area contributed by atoms with Gasteiger partial charge in [-0.25, -0.2) is 4.68 Å². The number of para-hydroxylation sites is 1. The molecule has 0 aliphatic heterocycles. The number of nitro groups is 1. The summed E-state index contributed by atoms with van der Waals surface area (Å²) in [6.45, 7) is 0.273. The minimum Gasteiger partial charge on any atom is -0.266 e. The van der Waals surface area contributed by atoms with Crippen LogP contribution in [0.2, 0.25) is 0 Å². The van der Waals surface area contributed by atoms with Crippen LogP contribution in [0.5, 0.6) is 0 Å². The van der Waals surface area contributed by atoms with Crippen molar-refractivity contribution in [3.8, 4) is 0 Å². The van der Waals surface area contributed by atoms with Gasteiger partial charge in [0.1, 0.15) is 4.47 Å². The minimum absolute atomic E-state index is 0.0525. The first-order chi connectivity index (χ1) is 9.50. The number of halogens is 2. The van der Waals surface area contributed by atoms with Gasteiger partial charge in [0.2, 0.25) is 0 Å². The zero-order valence-electron chi connectivity index (χ0n) is 10.1. The fourth-order valence-electron chi connectivity index (χ4n) is 1.73. The van der Waals surface area contributed by atoms with E-state index in [1.807, 2.05) is 0 Å². The monoisotopic (exact) mass is 401 g/mol. The molecule has 0 unspecified atom stereocenters. The second-order valence-electron chi connectivity index (χ2n) is 3.97. The molecule has 20 heavy (non-hydrogen) atoms. The molecule has 0 saturated carbocycles. The molecule has 2 aromatic rings. The summed E-state index contributed by atoms with van der Waals surface area (Å²) < 4.78 is 2.23. The van der Waals surface area contributed by atoms with Crippen molar-refractivity contribution in [3.05, 3.63) is 65.4 Å². The molecule has 1 heterocycles. The average molecular weight is 403 g/mol. The quantitative estimate of drug-likeness (QED) is 0.581. The highest BCUT2D eigenvalue weighted by Crippen LogP contribution is 2.19. The molecule has 104 valence electrons. The van der Waals surface area contributed by atoms with E-state index in [9.17, 15) is 14.9 Å². The SMILES string of the molecule is O=c1c(Br)c(Br)cnn1CCc1ccccc1[N+](=O)[O-]. The summed E-state index contributed by atoms with van der Waals surface area (Å²) in [6.07, 6.45) is 1.86. The lowest BCUT2D eigenvalue weighted by Gasteiger charge is -2.06. The summed E-state index contributed by atoms with van der Waals surface area (Å²) in [6, 6.07) is 6.47. The standard InChI is InChI=1S/C12H9Br2N3O3/c13-9-7-15-16(12(18)11(9)14)6-5-8-3-1-2-4-10(8)17(19)20/h1-4,7H,5-6H2. The van der Waals surface area contributed by atoms with Gasteiger partial charge in [-0.1, -0.05) is 18.2 Å². The Hall–Kier alpha value is -1.54. The highest BCUT2D eigenvalue weighted by Gasteiger charge is 2.13. The van der Waals surface area contributed by atoms with Gasteiger partial charge in [0, 0.05) is 18.2 Å². The summed E-state index contributed by atoms with van der Waals surface area (Å²) in [5, 5.41) is 14.9. The summed E-state index contributed by atoms with van der Waals surface area (Å²) in [7, 11) is 0. The van der Waals surface area contributed by atoms with Crippen LogP contribution in [-0.2, 0) is 13.0 Å². The fourth-order valence-corrected chi connectivity index (χ4v) is 2.30. The lowest BCUT2D eigenvalue weighted by Crippen LogP contribution is -2.24. The molecule has 0 aliphatic rings. The van der Waals surface area contributed by atoms with Crippen LogP contribution in [0.15, 0.2) is 44.2 Å². The Morgan fingerprint density at radius 3 is 2.70 bits per heavy atom. The van der Waals surface area contributed by atoms with Crippen LogP contribution in [0.3, 0.4) is 0 Å². The van der Waals surface area contributed by atoms with Crippen molar-refractivity contribution in [2.24, 2.45) is 0 Å². The van der Waals surface area contributed by atoms with Gasteiger partial charge in [0.05, 0.1) is 15.6 Å². The predicted molar refractivity (Wildman–Crippen MR) is 80.7 cm³/mol. The van der Waals surface area contributed by atoms with Gasteiger partial charge in [0.25, 0.3) is 11.2 Å². The number of hydrogen-bond acceptors (Lipinski definition) is 4. The molecule has 0 amide bonds. The van der Waals surface area contributed by atoms with E-state index in [0.717, 1.165) is 0 Å². The Kier molecular flexibility index (Phi) is 4.66. The Balaban J connectivity index is 2.24. The van der Waals surface area contributed by atoms with Crippen LogP contribution in [0.25, 0.3) is 0 Å². The molecule has 0 fully saturated rings. The summed E-state index contributed by atoms with van der Waals surface area (Å²) >= 11 is 6.36. The van der Waals surface area contributed by atoms with E-state index in [1.165, 1.54) is 16.9 Å². The Morgan fingerprint density at radius 2 is 2.00 bits per heavy atom. The normalized spacial score (nSPS) is 10.5. The molecule has 0 N–H and O–H groups in total. The number of hydrogen-bond donors (Lipinski definition) is 0. The first-order valence-electron chi connectivity index (χ1n) is 5.64. The van der Waals surface area contributed by atoms with E-state index >= 15 is 0 Å². The molecule has 0 aliphatic carbocycles. The van der Waals surface area contributed by atoms with Crippen molar-refractivity contribution in [1.82, 2.24) is 9.78 Å². The summed E-state index contributed by atoms with van der Waals surface area (Å²) in [4.78, 5) is 22.4. The van der Waals surface area contributed by atoms with Crippen molar-refractivity contribution in [2.45, 2.75) is 13.0 Å². The van der Waals surface area contributed by atoms with Crippen LogP contribution in [0.4, 0.5) is 5.69 Å². The zero-order chi connectivity index (χ0) is 14.7. The third-order valence-electron chi connectivity index (χ3n) is 2.72. The summed E-state index contributed by atoms with van der Waals surface area (Å²) in [5.41, 5.74) is 0.347. The molecular formula is C12H9Br2N3O3. The van der Waals surface area contributed by atoms with Crippen molar-refractivity contribution in [2.75, 3.05) is 0 Å². The lowest BCUT2D eigenvalue weighted by atomic mass is 10.1. The topological polar surface area (TPSA) is 78.0 Å². The molecule has 0 saturated heterocycles. The van der Waals surface area contributed by atoms with Crippen molar-refractivity contribution in [3.63, 3.8) is 0 Å². The van der Waals surface area contributed by atoms with Gasteiger partial charge in [-0.15, -0.1) is 0 Å². The van der Waals surface area contributed by atoms with E-state index in [4.69, 9.17) is 0 Å². The smallest absolute Gasteiger partial charge is 0.266 e. The molecule has 0 atom stereocenters. The number of aromatic nitrogens is 2. The van der Waals surface area contributed by atoms with Crippen LogP contribution in [-0.4, -0.2) is 14.7 Å². The van der Waals surface area contributed by atoms with Crippen molar-refractivity contribution < 1.29 is 4.92 Å². The van der Waals surface area contributed by atoms with E-state index < -0.39 is 4.92 Å². The van der Waals surface area contributed by atoms with Crippen LogP contribution >= 0.6 is 31.9 Å². The van der Waals surface area contributed by atoms with Crippen molar-refractivity contribution in [1.29, 1.82) is 0 Å². The van der Waals surface area contributed by atoms with Crippen molar-refractivity contribution >= 4 is 37.5 Å². The number of aryl methyl sites for hydroxylation is 2. The molecule has 0 bridgehead atoms. The molecular weight excluding hydrogens is 394 g/mol. The van der Waals surface area contributed by atoms with E-state index in [0.29, 0.717) is 20.9 Å². The minimum atomic E-state index is -0.428.